The number of anilines is 1. The van der Waals surface area contributed by atoms with Crippen molar-refractivity contribution in [3.05, 3.63) is 77.4 Å². The Morgan fingerprint density at radius 1 is 1.17 bits per heavy atom. The molecule has 2 aliphatic heterocycles. The number of carbonyl (C=O) groups excluding carboxylic acids is 1. The minimum Gasteiger partial charge on any atom is -0.497 e. The third-order valence-corrected chi connectivity index (χ3v) is 6.18. The van der Waals surface area contributed by atoms with E-state index in [0.717, 1.165) is 28.0 Å². The van der Waals surface area contributed by atoms with Gasteiger partial charge >= 0.3 is 12.2 Å². The molecule has 2 aliphatic rings. The van der Waals surface area contributed by atoms with Gasteiger partial charge in [0.25, 0.3) is 0 Å². The second-order valence-corrected chi connectivity index (χ2v) is 8.44. The van der Waals surface area contributed by atoms with Crippen molar-refractivity contribution in [3.8, 4) is 22.8 Å². The van der Waals surface area contributed by atoms with Gasteiger partial charge in [0.15, 0.2) is 0 Å². The number of amides is 2. The smallest absolute Gasteiger partial charge is 0.413 e. The molecule has 0 unspecified atom stereocenters. The Kier molecular flexibility index (Phi) is 6.44. The van der Waals surface area contributed by atoms with E-state index in [1.165, 1.54) is 4.90 Å². The van der Waals surface area contributed by atoms with Crippen LogP contribution >= 0.6 is 0 Å². The molecular weight excluding hydrogens is 462 g/mol. The van der Waals surface area contributed by atoms with E-state index in [1.54, 1.807) is 7.11 Å². The highest BCUT2D eigenvalue weighted by Gasteiger charge is 2.27. The van der Waals surface area contributed by atoms with Crippen LogP contribution in [0.2, 0.25) is 0 Å². The van der Waals surface area contributed by atoms with E-state index >= 15 is 0 Å². The van der Waals surface area contributed by atoms with Crippen molar-refractivity contribution in [3.63, 3.8) is 0 Å². The van der Waals surface area contributed by atoms with Gasteiger partial charge in [-0.15, -0.1) is 0 Å². The monoisotopic (exact) mass is 487 g/mol. The molecule has 9 nitrogen and oxygen atoms in total. The van der Waals surface area contributed by atoms with Crippen LogP contribution in [0.4, 0.5) is 15.4 Å². The van der Waals surface area contributed by atoms with Crippen LogP contribution in [0.25, 0.3) is 16.8 Å². The summed E-state index contributed by atoms with van der Waals surface area (Å²) >= 11 is 0. The van der Waals surface area contributed by atoms with Crippen LogP contribution in [0.5, 0.6) is 11.5 Å². The Morgan fingerprint density at radius 2 is 1.97 bits per heavy atom. The molecule has 3 aromatic rings. The van der Waals surface area contributed by atoms with Crippen molar-refractivity contribution in [2.24, 2.45) is 0 Å². The summed E-state index contributed by atoms with van der Waals surface area (Å²) in [5.74, 6) is 1.81. The number of nitrogens with one attached hydrogen (secondary N) is 1. The Balaban J connectivity index is 1.51. The highest BCUT2D eigenvalue weighted by molar-refractivity contribution is 5.90. The van der Waals surface area contributed by atoms with Crippen molar-refractivity contribution in [2.75, 3.05) is 25.5 Å². The normalized spacial score (nSPS) is 14.8. The Morgan fingerprint density at radius 3 is 2.75 bits per heavy atom. The molecule has 5 rings (SSSR count). The molecule has 1 aromatic heterocycles. The molecule has 0 fully saturated rings. The summed E-state index contributed by atoms with van der Waals surface area (Å²) in [5, 5.41) is 12.2. The first-order valence-corrected chi connectivity index (χ1v) is 11.5. The molecule has 0 bridgehead atoms. The van der Waals surface area contributed by atoms with Gasteiger partial charge in [-0.3, -0.25) is 5.32 Å². The third kappa shape index (κ3) is 4.81. The summed E-state index contributed by atoms with van der Waals surface area (Å²) in [6.07, 6.45) is 1.09. The summed E-state index contributed by atoms with van der Waals surface area (Å²) in [6.45, 7) is 1.09. The van der Waals surface area contributed by atoms with Crippen molar-refractivity contribution in [2.45, 2.75) is 19.6 Å². The number of nitrogens with zero attached hydrogens (tertiary/aromatic N) is 2. The van der Waals surface area contributed by atoms with E-state index in [9.17, 15) is 14.7 Å². The number of carboxylic acid groups (broad SMARTS) is 1. The zero-order valence-corrected chi connectivity index (χ0v) is 19.7. The SMILES string of the molecule is COc1ccc(COc2ccccc2-c2cc(C3=CCCN(C(=O)O)C3)c3c(n2)NC(=O)OC3)cc1. The fourth-order valence-corrected chi connectivity index (χ4v) is 4.31. The number of hydrogen-bond donors (Lipinski definition) is 2. The number of hydrogen-bond acceptors (Lipinski definition) is 6. The molecule has 0 aliphatic carbocycles. The Bertz CT molecular complexity index is 1340. The van der Waals surface area contributed by atoms with Gasteiger partial charge in [-0.25, -0.2) is 14.6 Å². The number of cyclic esters (lactones) is 1. The van der Waals surface area contributed by atoms with Gasteiger partial charge in [0.2, 0.25) is 0 Å². The summed E-state index contributed by atoms with van der Waals surface area (Å²) in [4.78, 5) is 29.7. The van der Waals surface area contributed by atoms with E-state index in [2.05, 4.69) is 5.32 Å². The lowest BCUT2D eigenvalue weighted by Crippen LogP contribution is -2.34. The van der Waals surface area contributed by atoms with Crippen molar-refractivity contribution in [1.82, 2.24) is 9.88 Å². The first-order valence-electron chi connectivity index (χ1n) is 11.5. The average Bonchev–Trinajstić information content (AvgIpc) is 2.91. The van der Waals surface area contributed by atoms with E-state index in [0.29, 0.717) is 42.4 Å². The summed E-state index contributed by atoms with van der Waals surface area (Å²) in [6, 6.07) is 17.1. The van der Waals surface area contributed by atoms with Gasteiger partial charge in [0, 0.05) is 24.2 Å². The molecule has 0 radical (unpaired) electrons. The van der Waals surface area contributed by atoms with Gasteiger partial charge in [0.1, 0.15) is 30.5 Å². The van der Waals surface area contributed by atoms with Crippen molar-refractivity contribution < 1.29 is 28.9 Å². The lowest BCUT2D eigenvalue weighted by molar-refractivity contribution is 0.150. The molecule has 2 amide bonds. The number of para-hydroxylation sites is 1. The standard InChI is InChI=1S/C27H25N3O6/c1-34-19-10-8-17(9-11-19)15-35-24-7-3-2-6-20(24)23-13-21(18-5-4-12-30(14-18)27(32)33)22-16-36-26(31)29-25(22)28-23/h2-3,5-11,13H,4,12,14-16H2,1H3,(H,32,33)(H,28,29,31). The van der Waals surface area contributed by atoms with Crippen LogP contribution in [0.3, 0.4) is 0 Å². The fraction of sp³-hybridized carbons (Fsp3) is 0.222. The third-order valence-electron chi connectivity index (χ3n) is 6.18. The predicted octanol–water partition coefficient (Wildman–Crippen LogP) is 5.17. The molecular formula is C27H25N3O6. The first kappa shape index (κ1) is 23.2. The summed E-state index contributed by atoms with van der Waals surface area (Å²) < 4.78 is 16.6. The topological polar surface area (TPSA) is 110 Å². The molecule has 2 aromatic carbocycles. The maximum absolute atomic E-state index is 12.0. The van der Waals surface area contributed by atoms with Crippen LogP contribution in [0, 0.1) is 0 Å². The van der Waals surface area contributed by atoms with Gasteiger partial charge < -0.3 is 24.2 Å². The molecule has 0 saturated heterocycles. The molecule has 0 spiro atoms. The minimum atomic E-state index is -0.967. The van der Waals surface area contributed by atoms with Crippen LogP contribution in [0.1, 0.15) is 23.1 Å². The zero-order chi connectivity index (χ0) is 25.1. The molecule has 36 heavy (non-hydrogen) atoms. The van der Waals surface area contributed by atoms with Gasteiger partial charge in [-0.2, -0.15) is 0 Å². The highest BCUT2D eigenvalue weighted by atomic mass is 16.5. The molecule has 0 saturated carbocycles. The average molecular weight is 488 g/mol. The second kappa shape index (κ2) is 9.99. The van der Waals surface area contributed by atoms with Crippen LogP contribution in [0.15, 0.2) is 60.7 Å². The molecule has 2 N–H and O–H groups in total. The fourth-order valence-electron chi connectivity index (χ4n) is 4.31. The zero-order valence-electron chi connectivity index (χ0n) is 19.7. The number of rotatable bonds is 6. The van der Waals surface area contributed by atoms with E-state index in [1.807, 2.05) is 60.7 Å². The predicted molar refractivity (Wildman–Crippen MR) is 133 cm³/mol. The Labute approximate surface area is 207 Å². The van der Waals surface area contributed by atoms with Crippen LogP contribution < -0.4 is 14.8 Å². The molecule has 3 heterocycles. The van der Waals surface area contributed by atoms with E-state index < -0.39 is 12.2 Å². The molecule has 184 valence electrons. The Hall–Kier alpha value is -4.53. The number of fused-ring (bicyclic) bond motifs is 1. The van der Waals surface area contributed by atoms with E-state index in [-0.39, 0.29) is 13.2 Å². The minimum absolute atomic E-state index is 0.0593. The van der Waals surface area contributed by atoms with Crippen molar-refractivity contribution >= 4 is 23.6 Å². The van der Waals surface area contributed by atoms with Crippen molar-refractivity contribution in [1.29, 1.82) is 0 Å². The maximum Gasteiger partial charge on any atom is 0.413 e. The van der Waals surface area contributed by atoms with Crippen LogP contribution in [-0.4, -0.2) is 47.4 Å². The summed E-state index contributed by atoms with van der Waals surface area (Å²) in [5.41, 5.74) is 4.70. The maximum atomic E-state index is 12.0. The van der Waals surface area contributed by atoms with Crippen LogP contribution in [-0.2, 0) is 18.0 Å². The largest absolute Gasteiger partial charge is 0.497 e. The number of methoxy groups -OCH3 is 1. The number of benzene rings is 2. The van der Waals surface area contributed by atoms with Gasteiger partial charge in [-0.1, -0.05) is 30.3 Å². The summed E-state index contributed by atoms with van der Waals surface area (Å²) in [7, 11) is 1.62. The van der Waals surface area contributed by atoms with E-state index in [4.69, 9.17) is 19.2 Å². The lowest BCUT2D eigenvalue weighted by Gasteiger charge is -2.28. The number of pyridine rings is 1. The number of aromatic nitrogens is 1. The quantitative estimate of drug-likeness (QED) is 0.494. The first-order chi connectivity index (χ1) is 17.5. The second-order valence-electron chi connectivity index (χ2n) is 8.44. The number of ether oxygens (including phenoxy) is 3. The van der Waals surface area contributed by atoms with Gasteiger partial charge in [0.05, 0.1) is 12.8 Å². The molecule has 9 heteroatoms. The lowest BCUT2D eigenvalue weighted by atomic mass is 9.94. The molecule has 0 atom stereocenters. The number of carbonyl (C=O) groups is 2. The van der Waals surface area contributed by atoms with Gasteiger partial charge in [-0.05, 0) is 53.5 Å². The highest BCUT2D eigenvalue weighted by Crippen LogP contribution is 2.37.